The highest BCUT2D eigenvalue weighted by molar-refractivity contribution is 5.97. The molecule has 0 spiro atoms. The summed E-state index contributed by atoms with van der Waals surface area (Å²) in [5.74, 6) is 0.416. The van der Waals surface area contributed by atoms with Crippen LogP contribution in [0, 0.1) is 0 Å². The predicted octanol–water partition coefficient (Wildman–Crippen LogP) is 1.56. The number of hydrogen-bond acceptors (Lipinski definition) is 2. The summed E-state index contributed by atoms with van der Waals surface area (Å²) >= 11 is 0. The summed E-state index contributed by atoms with van der Waals surface area (Å²) in [4.78, 5) is 11.5. The number of para-hydroxylation sites is 1. The Morgan fingerprint density at radius 1 is 1.31 bits per heavy atom. The maximum atomic E-state index is 11.5. The van der Waals surface area contributed by atoms with Gasteiger partial charge in [0, 0.05) is 0 Å². The molecule has 1 aromatic carbocycles. The molecular formula is C10H10NO2. The molecule has 0 unspecified atom stereocenters. The van der Waals surface area contributed by atoms with E-state index in [2.05, 4.69) is 5.32 Å². The van der Waals surface area contributed by atoms with Gasteiger partial charge in [-0.3, -0.25) is 4.79 Å². The van der Waals surface area contributed by atoms with Gasteiger partial charge in [-0.15, -0.1) is 0 Å². The quantitative estimate of drug-likeness (QED) is 0.601. The minimum Gasteiger partial charge on any atom is -0.466 e. The molecule has 1 aliphatic heterocycles. The molecule has 2 rings (SSSR count). The van der Waals surface area contributed by atoms with E-state index in [1.54, 1.807) is 32.0 Å². The molecule has 1 radical (unpaired) electrons. The molecule has 0 bridgehead atoms. The zero-order valence-electron chi connectivity index (χ0n) is 7.57. The fourth-order valence-corrected chi connectivity index (χ4v) is 1.33. The van der Waals surface area contributed by atoms with Gasteiger partial charge < -0.3 is 4.74 Å². The molecule has 13 heavy (non-hydrogen) atoms. The second kappa shape index (κ2) is 2.49. The summed E-state index contributed by atoms with van der Waals surface area (Å²) in [7, 11) is 0. The lowest BCUT2D eigenvalue weighted by Gasteiger charge is -2.30. The van der Waals surface area contributed by atoms with E-state index < -0.39 is 5.72 Å². The monoisotopic (exact) mass is 176 g/mol. The Kier molecular flexibility index (Phi) is 1.55. The van der Waals surface area contributed by atoms with Gasteiger partial charge in [0.25, 0.3) is 5.91 Å². The van der Waals surface area contributed by atoms with Crippen LogP contribution in [0.5, 0.6) is 5.75 Å². The number of hydrogen-bond donors (Lipinski definition) is 0. The molecule has 0 saturated heterocycles. The number of rotatable bonds is 0. The highest BCUT2D eigenvalue weighted by atomic mass is 16.5. The van der Waals surface area contributed by atoms with Crippen LogP contribution in [0.25, 0.3) is 0 Å². The molecule has 67 valence electrons. The Bertz CT molecular complexity index is 358. The van der Waals surface area contributed by atoms with Gasteiger partial charge >= 0.3 is 0 Å². The van der Waals surface area contributed by atoms with Crippen molar-refractivity contribution in [3.63, 3.8) is 0 Å². The van der Waals surface area contributed by atoms with Crippen molar-refractivity contribution in [1.29, 1.82) is 0 Å². The van der Waals surface area contributed by atoms with Crippen molar-refractivity contribution < 1.29 is 9.53 Å². The van der Waals surface area contributed by atoms with Crippen LogP contribution < -0.4 is 10.1 Å². The normalized spacial score (nSPS) is 18.5. The minimum absolute atomic E-state index is 0.202. The Balaban J connectivity index is 2.49. The first kappa shape index (κ1) is 8.10. The van der Waals surface area contributed by atoms with E-state index in [0.717, 1.165) is 0 Å². The summed E-state index contributed by atoms with van der Waals surface area (Å²) in [6, 6.07) is 7.14. The zero-order valence-corrected chi connectivity index (χ0v) is 7.57. The molecule has 0 aliphatic carbocycles. The lowest BCUT2D eigenvalue weighted by molar-refractivity contribution is 0.0405. The van der Waals surface area contributed by atoms with Crippen molar-refractivity contribution in [2.75, 3.05) is 0 Å². The average molecular weight is 176 g/mol. The van der Waals surface area contributed by atoms with Crippen molar-refractivity contribution in [2.45, 2.75) is 19.6 Å². The van der Waals surface area contributed by atoms with E-state index in [1.807, 2.05) is 6.07 Å². The topological polar surface area (TPSA) is 40.4 Å². The van der Waals surface area contributed by atoms with Gasteiger partial charge in [0.15, 0.2) is 5.72 Å². The second-order valence-electron chi connectivity index (χ2n) is 3.46. The Morgan fingerprint density at radius 3 is 2.77 bits per heavy atom. The second-order valence-corrected chi connectivity index (χ2v) is 3.46. The van der Waals surface area contributed by atoms with Gasteiger partial charge in [-0.2, -0.15) is 0 Å². The fraction of sp³-hybridized carbons (Fsp3) is 0.300. The summed E-state index contributed by atoms with van der Waals surface area (Å²) in [6.07, 6.45) is 0. The smallest absolute Gasteiger partial charge is 0.279 e. The van der Waals surface area contributed by atoms with Crippen molar-refractivity contribution >= 4 is 5.91 Å². The molecule has 3 nitrogen and oxygen atoms in total. The molecule has 0 saturated carbocycles. The van der Waals surface area contributed by atoms with Crippen LogP contribution in [0.3, 0.4) is 0 Å². The maximum absolute atomic E-state index is 11.5. The van der Waals surface area contributed by atoms with Gasteiger partial charge in [0.1, 0.15) is 5.75 Å². The lowest BCUT2D eigenvalue weighted by atomic mass is 10.1. The van der Waals surface area contributed by atoms with Crippen molar-refractivity contribution in [3.8, 4) is 5.75 Å². The Hall–Kier alpha value is -1.51. The number of ether oxygens (including phenoxy) is 1. The third-order valence-corrected chi connectivity index (χ3v) is 1.85. The number of carbonyl (C=O) groups is 1. The molecular weight excluding hydrogens is 166 g/mol. The number of nitrogens with zero attached hydrogens (tertiary/aromatic N) is 1. The highest BCUT2D eigenvalue weighted by Gasteiger charge is 2.32. The summed E-state index contributed by atoms with van der Waals surface area (Å²) in [6.45, 7) is 3.53. The third-order valence-electron chi connectivity index (χ3n) is 1.85. The molecule has 0 N–H and O–H groups in total. The standard InChI is InChI=1S/C10H10NO2/c1-10(2)11-9(12)7-5-3-4-6-8(7)13-10/h3-6H,1-2H3. The molecule has 3 heteroatoms. The van der Waals surface area contributed by atoms with Crippen molar-refractivity contribution in [3.05, 3.63) is 29.8 Å². The maximum Gasteiger partial charge on any atom is 0.279 e. The van der Waals surface area contributed by atoms with Crippen LogP contribution in [0.2, 0.25) is 0 Å². The number of carbonyl (C=O) groups excluding carboxylic acids is 1. The van der Waals surface area contributed by atoms with E-state index in [9.17, 15) is 4.79 Å². The van der Waals surface area contributed by atoms with Crippen LogP contribution in [0.15, 0.2) is 24.3 Å². The van der Waals surface area contributed by atoms with Gasteiger partial charge in [0.2, 0.25) is 0 Å². The number of amides is 1. The average Bonchev–Trinajstić information content (AvgIpc) is 2.02. The van der Waals surface area contributed by atoms with E-state index in [-0.39, 0.29) is 5.91 Å². The van der Waals surface area contributed by atoms with Crippen LogP contribution in [-0.2, 0) is 0 Å². The SMILES string of the molecule is CC1(C)[N]C(=O)c2ccccc2O1. The molecule has 1 heterocycles. The number of benzene rings is 1. The number of fused-ring (bicyclic) bond motifs is 1. The van der Waals surface area contributed by atoms with Gasteiger partial charge in [-0.1, -0.05) is 12.1 Å². The van der Waals surface area contributed by atoms with E-state index >= 15 is 0 Å². The molecule has 0 aromatic heterocycles. The predicted molar refractivity (Wildman–Crippen MR) is 47.6 cm³/mol. The molecule has 1 aromatic rings. The van der Waals surface area contributed by atoms with E-state index in [1.165, 1.54) is 0 Å². The van der Waals surface area contributed by atoms with Crippen molar-refractivity contribution in [1.82, 2.24) is 5.32 Å². The first-order valence-electron chi connectivity index (χ1n) is 4.14. The Morgan fingerprint density at radius 2 is 2.00 bits per heavy atom. The Labute approximate surface area is 76.7 Å². The molecule has 1 amide bonds. The minimum atomic E-state index is -0.731. The highest BCUT2D eigenvalue weighted by Crippen LogP contribution is 2.27. The summed E-state index contributed by atoms with van der Waals surface area (Å²) in [5.41, 5.74) is -0.187. The van der Waals surface area contributed by atoms with Crippen LogP contribution in [0.4, 0.5) is 0 Å². The van der Waals surface area contributed by atoms with Crippen LogP contribution >= 0.6 is 0 Å². The molecule has 0 atom stereocenters. The van der Waals surface area contributed by atoms with Crippen molar-refractivity contribution in [2.24, 2.45) is 0 Å². The fourth-order valence-electron chi connectivity index (χ4n) is 1.33. The summed E-state index contributed by atoms with van der Waals surface area (Å²) < 4.78 is 5.50. The zero-order chi connectivity index (χ0) is 9.47. The van der Waals surface area contributed by atoms with Crippen LogP contribution in [0.1, 0.15) is 24.2 Å². The van der Waals surface area contributed by atoms with Gasteiger partial charge in [-0.25, -0.2) is 5.32 Å². The third kappa shape index (κ3) is 1.37. The molecule has 0 fully saturated rings. The first-order chi connectivity index (χ1) is 6.08. The first-order valence-corrected chi connectivity index (χ1v) is 4.14. The van der Waals surface area contributed by atoms with Crippen LogP contribution in [-0.4, -0.2) is 11.6 Å². The molecule has 1 aliphatic rings. The van der Waals surface area contributed by atoms with Gasteiger partial charge in [0.05, 0.1) is 5.56 Å². The summed E-state index contributed by atoms with van der Waals surface area (Å²) in [5, 5.41) is 3.89. The van der Waals surface area contributed by atoms with E-state index in [4.69, 9.17) is 4.74 Å². The van der Waals surface area contributed by atoms with Gasteiger partial charge in [-0.05, 0) is 26.0 Å². The largest absolute Gasteiger partial charge is 0.466 e. The lowest BCUT2D eigenvalue weighted by Crippen LogP contribution is -2.46. The van der Waals surface area contributed by atoms with E-state index in [0.29, 0.717) is 11.3 Å².